The molecule has 0 amide bonds. The second kappa shape index (κ2) is 5.35. The van der Waals surface area contributed by atoms with Crippen molar-refractivity contribution in [2.45, 2.75) is 12.7 Å². The Bertz CT molecular complexity index is 552. The monoisotopic (exact) mass is 264 g/mol. The van der Waals surface area contributed by atoms with Crippen LogP contribution in [0.15, 0.2) is 18.3 Å². The smallest absolute Gasteiger partial charge is 0.128 e. The maximum atomic E-state index is 5.40. The van der Waals surface area contributed by atoms with Crippen LogP contribution in [0.4, 0.5) is 0 Å². The molecule has 0 aliphatic heterocycles. The van der Waals surface area contributed by atoms with E-state index in [0.717, 1.165) is 34.1 Å². The lowest BCUT2D eigenvalue weighted by atomic mass is 10.1. The van der Waals surface area contributed by atoms with E-state index in [9.17, 15) is 0 Å². The Morgan fingerprint density at radius 2 is 1.94 bits per heavy atom. The normalized spacial score (nSPS) is 10.4. The van der Waals surface area contributed by atoms with Crippen LogP contribution in [0, 0.1) is 6.92 Å². The number of nitrogens with one attached hydrogen (secondary N) is 1. The Balaban J connectivity index is 2.54. The van der Waals surface area contributed by atoms with Crippen LogP contribution in [0.25, 0.3) is 11.3 Å². The van der Waals surface area contributed by atoms with E-state index >= 15 is 0 Å². The largest absolute Gasteiger partial charge is 0.496 e. The van der Waals surface area contributed by atoms with Gasteiger partial charge in [0.15, 0.2) is 0 Å². The summed E-state index contributed by atoms with van der Waals surface area (Å²) in [6.07, 6.45) is 1.78. The predicted octanol–water partition coefficient (Wildman–Crippen LogP) is 2.83. The molecular formula is C13H16N2O2S. The van der Waals surface area contributed by atoms with Crippen LogP contribution in [0.3, 0.4) is 0 Å². The highest BCUT2D eigenvalue weighted by atomic mass is 32.1. The van der Waals surface area contributed by atoms with E-state index in [1.165, 1.54) is 0 Å². The standard InChI is InChI=1S/C13H16N2O2S/c1-8-4-12(17-3)9(5-11(8)16-2)10-6-14-13(7-18)15-10/h4-6,18H,7H2,1-3H3,(H,14,15). The minimum Gasteiger partial charge on any atom is -0.496 e. The van der Waals surface area contributed by atoms with Crippen molar-refractivity contribution in [3.05, 3.63) is 29.7 Å². The van der Waals surface area contributed by atoms with E-state index in [1.807, 2.05) is 19.1 Å². The molecule has 2 aromatic rings. The number of hydrogen-bond acceptors (Lipinski definition) is 4. The van der Waals surface area contributed by atoms with E-state index < -0.39 is 0 Å². The molecule has 4 nitrogen and oxygen atoms in total. The lowest BCUT2D eigenvalue weighted by Crippen LogP contribution is -1.93. The first-order valence-corrected chi connectivity index (χ1v) is 6.20. The molecule has 0 aliphatic carbocycles. The van der Waals surface area contributed by atoms with Gasteiger partial charge in [0.1, 0.15) is 17.3 Å². The van der Waals surface area contributed by atoms with Crippen molar-refractivity contribution >= 4 is 12.6 Å². The van der Waals surface area contributed by atoms with Gasteiger partial charge in [-0.1, -0.05) is 0 Å². The van der Waals surface area contributed by atoms with Gasteiger partial charge in [0.2, 0.25) is 0 Å². The Morgan fingerprint density at radius 1 is 1.22 bits per heavy atom. The van der Waals surface area contributed by atoms with Crippen LogP contribution < -0.4 is 9.47 Å². The van der Waals surface area contributed by atoms with Crippen molar-refractivity contribution in [1.29, 1.82) is 0 Å². The van der Waals surface area contributed by atoms with E-state index in [1.54, 1.807) is 20.4 Å². The van der Waals surface area contributed by atoms with Crippen molar-refractivity contribution in [2.75, 3.05) is 14.2 Å². The Labute approximate surface area is 112 Å². The van der Waals surface area contributed by atoms with E-state index in [2.05, 4.69) is 22.6 Å². The highest BCUT2D eigenvalue weighted by Crippen LogP contribution is 2.34. The number of benzene rings is 1. The quantitative estimate of drug-likeness (QED) is 0.835. The number of thiol groups is 1. The lowest BCUT2D eigenvalue weighted by molar-refractivity contribution is 0.401. The van der Waals surface area contributed by atoms with Crippen LogP contribution in [0.1, 0.15) is 11.4 Å². The molecule has 0 atom stereocenters. The third-order valence-electron chi connectivity index (χ3n) is 2.79. The molecule has 0 bridgehead atoms. The van der Waals surface area contributed by atoms with E-state index in [4.69, 9.17) is 9.47 Å². The van der Waals surface area contributed by atoms with Gasteiger partial charge in [0.25, 0.3) is 0 Å². The van der Waals surface area contributed by atoms with Crippen LogP contribution in [-0.4, -0.2) is 24.2 Å². The highest BCUT2D eigenvalue weighted by Gasteiger charge is 2.12. The first-order valence-electron chi connectivity index (χ1n) is 5.57. The van der Waals surface area contributed by atoms with Crippen LogP contribution in [0.5, 0.6) is 11.5 Å². The summed E-state index contributed by atoms with van der Waals surface area (Å²) >= 11 is 4.19. The molecule has 0 saturated heterocycles. The molecule has 1 aromatic carbocycles. The van der Waals surface area contributed by atoms with Crippen molar-refractivity contribution in [3.63, 3.8) is 0 Å². The van der Waals surface area contributed by atoms with Gasteiger partial charge in [-0.05, 0) is 24.6 Å². The minimum atomic E-state index is 0.575. The Kier molecular flexibility index (Phi) is 3.81. The molecule has 2 rings (SSSR count). The SMILES string of the molecule is COc1cc(-c2cnc(CS)[nH]2)c(OC)cc1C. The zero-order chi connectivity index (χ0) is 13.1. The molecule has 5 heteroatoms. The fraction of sp³-hybridized carbons (Fsp3) is 0.308. The summed E-state index contributed by atoms with van der Waals surface area (Å²) in [5.74, 6) is 3.02. The van der Waals surface area contributed by atoms with Gasteiger partial charge in [-0.3, -0.25) is 0 Å². The first kappa shape index (κ1) is 12.8. The third-order valence-corrected chi connectivity index (χ3v) is 3.08. The predicted molar refractivity (Wildman–Crippen MR) is 74.6 cm³/mol. The molecule has 0 fully saturated rings. The zero-order valence-corrected chi connectivity index (χ0v) is 11.5. The van der Waals surface area contributed by atoms with Crippen molar-refractivity contribution in [2.24, 2.45) is 0 Å². The average molecular weight is 264 g/mol. The van der Waals surface area contributed by atoms with Gasteiger partial charge in [-0.15, -0.1) is 0 Å². The molecule has 0 spiro atoms. The number of H-pyrrole nitrogens is 1. The lowest BCUT2D eigenvalue weighted by Gasteiger charge is -2.11. The maximum Gasteiger partial charge on any atom is 0.128 e. The average Bonchev–Trinajstić information content (AvgIpc) is 2.87. The third kappa shape index (κ3) is 2.31. The van der Waals surface area contributed by atoms with Gasteiger partial charge < -0.3 is 14.5 Å². The molecule has 1 heterocycles. The van der Waals surface area contributed by atoms with Gasteiger partial charge in [0, 0.05) is 11.3 Å². The fourth-order valence-corrected chi connectivity index (χ4v) is 2.00. The number of ether oxygens (including phenoxy) is 2. The minimum absolute atomic E-state index is 0.575. The molecule has 1 aromatic heterocycles. The summed E-state index contributed by atoms with van der Waals surface area (Å²) in [7, 11) is 3.31. The van der Waals surface area contributed by atoms with Gasteiger partial charge in [-0.2, -0.15) is 12.6 Å². The molecule has 1 N–H and O–H groups in total. The van der Waals surface area contributed by atoms with E-state index in [-0.39, 0.29) is 0 Å². The van der Waals surface area contributed by atoms with E-state index in [0.29, 0.717) is 5.75 Å². The van der Waals surface area contributed by atoms with Crippen molar-refractivity contribution < 1.29 is 9.47 Å². The number of nitrogens with zero attached hydrogens (tertiary/aromatic N) is 1. The molecule has 0 saturated carbocycles. The van der Waals surface area contributed by atoms with Crippen LogP contribution >= 0.6 is 12.6 Å². The number of hydrogen-bond donors (Lipinski definition) is 2. The molecule has 0 aliphatic rings. The molecule has 96 valence electrons. The number of rotatable bonds is 4. The zero-order valence-electron chi connectivity index (χ0n) is 10.7. The summed E-state index contributed by atoms with van der Waals surface area (Å²) in [6.45, 7) is 1.98. The highest BCUT2D eigenvalue weighted by molar-refractivity contribution is 7.79. The molecule has 0 radical (unpaired) electrons. The van der Waals surface area contributed by atoms with Crippen molar-refractivity contribution in [3.8, 4) is 22.8 Å². The first-order chi connectivity index (χ1) is 8.69. The Hall–Kier alpha value is -1.62. The van der Waals surface area contributed by atoms with Gasteiger partial charge in [0.05, 0.1) is 26.1 Å². The number of methoxy groups -OCH3 is 2. The Morgan fingerprint density at radius 3 is 2.50 bits per heavy atom. The number of imidazole rings is 1. The number of aromatic nitrogens is 2. The van der Waals surface area contributed by atoms with Crippen molar-refractivity contribution in [1.82, 2.24) is 9.97 Å². The second-order valence-electron chi connectivity index (χ2n) is 3.92. The number of aromatic amines is 1. The second-order valence-corrected chi connectivity index (χ2v) is 4.24. The fourth-order valence-electron chi connectivity index (χ4n) is 1.84. The summed E-state index contributed by atoms with van der Waals surface area (Å²) in [6, 6.07) is 3.90. The molecule has 0 unspecified atom stereocenters. The summed E-state index contributed by atoms with van der Waals surface area (Å²) in [5, 5.41) is 0. The summed E-state index contributed by atoms with van der Waals surface area (Å²) in [5.41, 5.74) is 2.86. The topological polar surface area (TPSA) is 47.1 Å². The van der Waals surface area contributed by atoms with Gasteiger partial charge in [-0.25, -0.2) is 4.98 Å². The molecular weight excluding hydrogens is 248 g/mol. The number of aryl methyl sites for hydroxylation is 1. The van der Waals surface area contributed by atoms with Crippen LogP contribution in [0.2, 0.25) is 0 Å². The van der Waals surface area contributed by atoms with Gasteiger partial charge >= 0.3 is 0 Å². The van der Waals surface area contributed by atoms with Crippen LogP contribution in [-0.2, 0) is 5.75 Å². The summed E-state index contributed by atoms with van der Waals surface area (Å²) < 4.78 is 10.7. The summed E-state index contributed by atoms with van der Waals surface area (Å²) in [4.78, 5) is 7.44. The maximum absolute atomic E-state index is 5.40. The molecule has 18 heavy (non-hydrogen) atoms.